The highest BCUT2D eigenvalue weighted by Gasteiger charge is 2.18. The lowest BCUT2D eigenvalue weighted by Gasteiger charge is -2.28. The molecule has 0 amide bonds. The van der Waals surface area contributed by atoms with E-state index < -0.39 is 0 Å². The summed E-state index contributed by atoms with van der Waals surface area (Å²) in [5.74, 6) is 0.761. The van der Waals surface area contributed by atoms with Gasteiger partial charge in [-0.25, -0.2) is 4.98 Å². The number of fused-ring (bicyclic) bond motifs is 1. The van der Waals surface area contributed by atoms with E-state index in [-0.39, 0.29) is 5.56 Å². The molecule has 1 aromatic rings. The minimum Gasteiger partial charge on any atom is -0.340 e. The maximum Gasteiger partial charge on any atom is 0.255 e. The molecule has 0 saturated carbocycles. The smallest absolute Gasteiger partial charge is 0.255 e. The van der Waals surface area contributed by atoms with Crippen molar-refractivity contribution in [3.63, 3.8) is 0 Å². The lowest BCUT2D eigenvalue weighted by molar-refractivity contribution is 0.573. The van der Waals surface area contributed by atoms with Gasteiger partial charge >= 0.3 is 0 Å². The maximum absolute atomic E-state index is 12.0. The molecule has 1 fully saturated rings. The summed E-state index contributed by atoms with van der Waals surface area (Å²) >= 11 is 0. The largest absolute Gasteiger partial charge is 0.340 e. The Morgan fingerprint density at radius 1 is 1.12 bits per heavy atom. The van der Waals surface area contributed by atoms with E-state index in [0.717, 1.165) is 69.1 Å². The predicted molar refractivity (Wildman–Crippen MR) is 66.6 cm³/mol. The number of piperazine rings is 1. The highest BCUT2D eigenvalue weighted by Crippen LogP contribution is 2.18. The molecule has 0 atom stereocenters. The van der Waals surface area contributed by atoms with Crippen LogP contribution in [-0.2, 0) is 12.8 Å². The first kappa shape index (κ1) is 10.8. The number of aromatic amines is 1. The molecule has 1 saturated heterocycles. The predicted octanol–water partition coefficient (Wildman–Crippen LogP) is 0.0583. The summed E-state index contributed by atoms with van der Waals surface area (Å²) in [4.78, 5) is 21.7. The Morgan fingerprint density at radius 2 is 1.88 bits per heavy atom. The van der Waals surface area contributed by atoms with Crippen molar-refractivity contribution in [1.82, 2.24) is 15.3 Å². The molecular formula is C12H18N4O. The quantitative estimate of drug-likeness (QED) is 0.721. The Kier molecular flexibility index (Phi) is 2.84. The second kappa shape index (κ2) is 4.49. The van der Waals surface area contributed by atoms with Crippen LogP contribution in [0, 0.1) is 0 Å². The molecule has 5 nitrogen and oxygen atoms in total. The van der Waals surface area contributed by atoms with E-state index in [4.69, 9.17) is 0 Å². The minimum atomic E-state index is 0.0724. The van der Waals surface area contributed by atoms with Crippen molar-refractivity contribution in [3.8, 4) is 0 Å². The average Bonchev–Trinajstić information content (AvgIpc) is 2.40. The monoisotopic (exact) mass is 234 g/mol. The van der Waals surface area contributed by atoms with Gasteiger partial charge in [-0.3, -0.25) is 9.78 Å². The number of hydrogen-bond donors (Lipinski definition) is 2. The zero-order valence-electron chi connectivity index (χ0n) is 9.96. The minimum absolute atomic E-state index is 0.0724. The second-order valence-corrected chi connectivity index (χ2v) is 4.76. The molecule has 1 aliphatic carbocycles. The van der Waals surface area contributed by atoms with Crippen LogP contribution in [0.3, 0.4) is 0 Å². The van der Waals surface area contributed by atoms with Gasteiger partial charge in [-0.1, -0.05) is 0 Å². The SMILES string of the molecule is O=c1[nH]c(N2CCNCC2)nc2c1CCCC2. The van der Waals surface area contributed by atoms with Gasteiger partial charge in [-0.2, -0.15) is 0 Å². The number of aromatic nitrogens is 2. The van der Waals surface area contributed by atoms with Crippen molar-refractivity contribution in [1.29, 1.82) is 0 Å². The van der Waals surface area contributed by atoms with Crippen LogP contribution in [0.1, 0.15) is 24.1 Å². The van der Waals surface area contributed by atoms with Crippen LogP contribution in [-0.4, -0.2) is 36.1 Å². The van der Waals surface area contributed by atoms with Crippen LogP contribution in [0.15, 0.2) is 4.79 Å². The summed E-state index contributed by atoms with van der Waals surface area (Å²) in [6.45, 7) is 3.76. The number of nitrogens with one attached hydrogen (secondary N) is 2. The van der Waals surface area contributed by atoms with Gasteiger partial charge in [0.25, 0.3) is 5.56 Å². The van der Waals surface area contributed by atoms with E-state index >= 15 is 0 Å². The first-order valence-corrected chi connectivity index (χ1v) is 6.42. The normalized spacial score (nSPS) is 20.1. The van der Waals surface area contributed by atoms with Crippen molar-refractivity contribution in [2.45, 2.75) is 25.7 Å². The molecule has 5 heteroatoms. The zero-order valence-corrected chi connectivity index (χ0v) is 9.96. The fourth-order valence-electron chi connectivity index (χ4n) is 2.62. The molecule has 0 aromatic carbocycles. The summed E-state index contributed by atoms with van der Waals surface area (Å²) in [7, 11) is 0. The first-order valence-electron chi connectivity index (χ1n) is 6.42. The number of aryl methyl sites for hydroxylation is 1. The van der Waals surface area contributed by atoms with Crippen LogP contribution in [0.25, 0.3) is 0 Å². The molecule has 17 heavy (non-hydrogen) atoms. The number of anilines is 1. The summed E-state index contributed by atoms with van der Waals surface area (Å²) in [6, 6.07) is 0. The number of H-pyrrole nitrogens is 1. The molecule has 2 heterocycles. The van der Waals surface area contributed by atoms with E-state index in [1.165, 1.54) is 0 Å². The third kappa shape index (κ3) is 2.07. The van der Waals surface area contributed by atoms with Gasteiger partial charge in [-0.15, -0.1) is 0 Å². The van der Waals surface area contributed by atoms with Gasteiger partial charge in [0.15, 0.2) is 0 Å². The van der Waals surface area contributed by atoms with Crippen molar-refractivity contribution in [2.24, 2.45) is 0 Å². The number of hydrogen-bond acceptors (Lipinski definition) is 4. The van der Waals surface area contributed by atoms with Gasteiger partial charge < -0.3 is 10.2 Å². The standard InChI is InChI=1S/C12H18N4O/c17-11-9-3-1-2-4-10(9)14-12(15-11)16-7-5-13-6-8-16/h13H,1-8H2,(H,14,15,17). The summed E-state index contributed by atoms with van der Waals surface area (Å²) < 4.78 is 0. The fraction of sp³-hybridized carbons (Fsp3) is 0.667. The Morgan fingerprint density at radius 3 is 2.71 bits per heavy atom. The molecule has 2 aliphatic rings. The molecule has 0 spiro atoms. The van der Waals surface area contributed by atoms with Crippen molar-refractivity contribution >= 4 is 5.95 Å². The van der Waals surface area contributed by atoms with Gasteiger partial charge in [-0.05, 0) is 25.7 Å². The third-order valence-electron chi connectivity index (χ3n) is 3.60. The van der Waals surface area contributed by atoms with Crippen LogP contribution in [0.2, 0.25) is 0 Å². The third-order valence-corrected chi connectivity index (χ3v) is 3.60. The lowest BCUT2D eigenvalue weighted by Crippen LogP contribution is -2.45. The van der Waals surface area contributed by atoms with E-state index in [2.05, 4.69) is 20.2 Å². The maximum atomic E-state index is 12.0. The molecule has 92 valence electrons. The summed E-state index contributed by atoms with van der Waals surface area (Å²) in [5, 5.41) is 3.30. The van der Waals surface area contributed by atoms with Gasteiger partial charge in [0.1, 0.15) is 0 Å². The molecule has 0 radical (unpaired) electrons. The van der Waals surface area contributed by atoms with E-state index in [1.54, 1.807) is 0 Å². The Hall–Kier alpha value is -1.36. The van der Waals surface area contributed by atoms with Crippen LogP contribution >= 0.6 is 0 Å². The van der Waals surface area contributed by atoms with E-state index in [0.29, 0.717) is 0 Å². The molecule has 0 bridgehead atoms. The number of rotatable bonds is 1. The topological polar surface area (TPSA) is 61.0 Å². The van der Waals surface area contributed by atoms with Crippen LogP contribution < -0.4 is 15.8 Å². The number of nitrogens with zero attached hydrogens (tertiary/aromatic N) is 2. The lowest BCUT2D eigenvalue weighted by atomic mass is 9.97. The molecule has 1 aromatic heterocycles. The Balaban J connectivity index is 1.95. The molecule has 3 rings (SSSR count). The fourth-order valence-corrected chi connectivity index (χ4v) is 2.62. The van der Waals surface area contributed by atoms with E-state index in [1.807, 2.05) is 0 Å². The molecular weight excluding hydrogens is 216 g/mol. The van der Waals surface area contributed by atoms with Crippen LogP contribution in [0.5, 0.6) is 0 Å². The molecule has 1 aliphatic heterocycles. The Labute approximate surface area is 100 Å². The van der Waals surface area contributed by atoms with Gasteiger partial charge in [0, 0.05) is 31.7 Å². The average molecular weight is 234 g/mol. The Bertz CT molecular complexity index is 462. The highest BCUT2D eigenvalue weighted by molar-refractivity contribution is 5.34. The zero-order chi connectivity index (χ0) is 11.7. The van der Waals surface area contributed by atoms with Crippen molar-refractivity contribution in [3.05, 3.63) is 21.6 Å². The summed E-state index contributed by atoms with van der Waals surface area (Å²) in [6.07, 6.45) is 4.12. The first-order chi connectivity index (χ1) is 8.34. The van der Waals surface area contributed by atoms with Crippen molar-refractivity contribution in [2.75, 3.05) is 31.1 Å². The second-order valence-electron chi connectivity index (χ2n) is 4.76. The molecule has 0 unspecified atom stereocenters. The molecule has 2 N–H and O–H groups in total. The summed E-state index contributed by atoms with van der Waals surface area (Å²) in [5.41, 5.74) is 2.01. The van der Waals surface area contributed by atoms with Crippen molar-refractivity contribution < 1.29 is 0 Å². The highest BCUT2D eigenvalue weighted by atomic mass is 16.1. The van der Waals surface area contributed by atoms with Gasteiger partial charge in [0.05, 0.1) is 5.69 Å². The van der Waals surface area contributed by atoms with Crippen LogP contribution in [0.4, 0.5) is 5.95 Å². The van der Waals surface area contributed by atoms with E-state index in [9.17, 15) is 4.79 Å². The van der Waals surface area contributed by atoms with Gasteiger partial charge in [0.2, 0.25) is 5.95 Å².